The van der Waals surface area contributed by atoms with Gasteiger partial charge in [-0.15, -0.1) is 11.3 Å². The van der Waals surface area contributed by atoms with Crippen molar-refractivity contribution in [2.45, 2.75) is 0 Å². The Morgan fingerprint density at radius 1 is 0.360 bits per heavy atom. The van der Waals surface area contributed by atoms with Gasteiger partial charge in [0.25, 0.3) is 0 Å². The lowest BCUT2D eigenvalue weighted by molar-refractivity contribution is 0.670. The minimum atomic E-state index is 0.655. The summed E-state index contributed by atoms with van der Waals surface area (Å²) in [7, 11) is 0. The molecule has 0 aliphatic heterocycles. The van der Waals surface area contributed by atoms with Crippen molar-refractivity contribution >= 4 is 53.4 Å². The van der Waals surface area contributed by atoms with E-state index in [-0.39, 0.29) is 0 Å². The number of rotatable bonds is 5. The summed E-state index contributed by atoms with van der Waals surface area (Å²) in [6.45, 7) is 0. The zero-order chi connectivity index (χ0) is 33.0. The van der Waals surface area contributed by atoms with E-state index < -0.39 is 0 Å². The number of para-hydroxylation sites is 1. The summed E-state index contributed by atoms with van der Waals surface area (Å²) in [4.78, 5) is 14.8. The maximum Gasteiger partial charge on any atom is 0.164 e. The molecule has 10 rings (SSSR count). The highest BCUT2D eigenvalue weighted by molar-refractivity contribution is 7.25. The van der Waals surface area contributed by atoms with E-state index in [1.807, 2.05) is 72.8 Å². The van der Waals surface area contributed by atoms with Gasteiger partial charge in [-0.25, -0.2) is 15.0 Å². The van der Waals surface area contributed by atoms with Gasteiger partial charge in [-0.05, 0) is 53.1 Å². The Labute approximate surface area is 292 Å². The number of furan rings is 1. The van der Waals surface area contributed by atoms with Gasteiger partial charge in [0.15, 0.2) is 17.5 Å². The van der Waals surface area contributed by atoms with E-state index in [1.165, 1.54) is 31.3 Å². The van der Waals surface area contributed by atoms with Gasteiger partial charge in [0.2, 0.25) is 0 Å². The number of nitrogens with zero attached hydrogens (tertiary/aromatic N) is 3. The van der Waals surface area contributed by atoms with Crippen LogP contribution in [0.5, 0.6) is 0 Å². The molecule has 3 aromatic heterocycles. The van der Waals surface area contributed by atoms with Crippen molar-refractivity contribution in [1.29, 1.82) is 0 Å². The van der Waals surface area contributed by atoms with Crippen LogP contribution in [0.2, 0.25) is 0 Å². The van der Waals surface area contributed by atoms with Crippen LogP contribution in [0.15, 0.2) is 168 Å². The first kappa shape index (κ1) is 28.6. The molecule has 0 unspecified atom stereocenters. The molecule has 7 aromatic carbocycles. The standard InChI is InChI=1S/C45H27N3OS/c1-4-12-28(13-5-1)33-25-36(42-38(26-33)34-18-10-11-19-39(34)49-42)31-21-23-40-37(24-31)35-22-20-32(27-41(35)50-40)45-47-43(29-14-6-2-7-15-29)46-44(48-45)30-16-8-3-9-17-30/h1-27H. The van der Waals surface area contributed by atoms with E-state index in [1.54, 1.807) is 11.3 Å². The van der Waals surface area contributed by atoms with Crippen molar-refractivity contribution in [2.24, 2.45) is 0 Å². The Bertz CT molecular complexity index is 2800. The average molecular weight is 658 g/mol. The van der Waals surface area contributed by atoms with Gasteiger partial charge in [-0.1, -0.05) is 127 Å². The maximum absolute atomic E-state index is 6.54. The minimum absolute atomic E-state index is 0.655. The SMILES string of the molecule is c1ccc(-c2cc(-c3ccc4sc5cc(-c6nc(-c7ccccc7)nc(-c7ccccc7)n6)ccc5c4c3)c3oc4ccccc4c3c2)cc1. The van der Waals surface area contributed by atoms with Crippen LogP contribution in [0, 0.1) is 0 Å². The Kier molecular flexibility index (Phi) is 6.64. The number of benzene rings is 7. The summed E-state index contributed by atoms with van der Waals surface area (Å²) in [5, 5.41) is 4.67. The normalized spacial score (nSPS) is 11.6. The van der Waals surface area contributed by atoms with Crippen LogP contribution in [0.1, 0.15) is 0 Å². The molecule has 0 spiro atoms. The Hall–Kier alpha value is -6.43. The topological polar surface area (TPSA) is 51.8 Å². The highest BCUT2D eigenvalue weighted by Gasteiger charge is 2.18. The van der Waals surface area contributed by atoms with E-state index in [4.69, 9.17) is 19.4 Å². The number of thiophene rings is 1. The zero-order valence-electron chi connectivity index (χ0n) is 26.7. The molecule has 0 radical (unpaired) electrons. The molecule has 10 aromatic rings. The molecular formula is C45H27N3OS. The third-order valence-electron chi connectivity index (χ3n) is 9.33. The maximum atomic E-state index is 6.54. The van der Waals surface area contributed by atoms with Gasteiger partial charge >= 0.3 is 0 Å². The molecule has 4 nitrogen and oxygen atoms in total. The predicted octanol–water partition coefficient (Wildman–Crippen LogP) is 12.5. The first-order valence-corrected chi connectivity index (χ1v) is 17.4. The van der Waals surface area contributed by atoms with Crippen LogP contribution in [-0.4, -0.2) is 15.0 Å². The fraction of sp³-hybridized carbons (Fsp3) is 0. The molecule has 0 fully saturated rings. The molecule has 0 amide bonds. The molecule has 234 valence electrons. The van der Waals surface area contributed by atoms with Gasteiger partial charge in [-0.2, -0.15) is 0 Å². The number of hydrogen-bond donors (Lipinski definition) is 0. The van der Waals surface area contributed by atoms with Crippen molar-refractivity contribution in [3.05, 3.63) is 164 Å². The number of aromatic nitrogens is 3. The molecule has 0 aliphatic carbocycles. The predicted molar refractivity (Wildman–Crippen MR) is 207 cm³/mol. The first-order chi connectivity index (χ1) is 24.7. The van der Waals surface area contributed by atoms with E-state index >= 15 is 0 Å². The van der Waals surface area contributed by atoms with Crippen molar-refractivity contribution < 1.29 is 4.42 Å². The summed E-state index contributed by atoms with van der Waals surface area (Å²) in [6, 6.07) is 56.9. The highest BCUT2D eigenvalue weighted by atomic mass is 32.1. The van der Waals surface area contributed by atoms with Gasteiger partial charge in [0.1, 0.15) is 11.2 Å². The van der Waals surface area contributed by atoms with Crippen LogP contribution in [0.4, 0.5) is 0 Å². The van der Waals surface area contributed by atoms with E-state index in [0.717, 1.165) is 49.8 Å². The molecule has 0 bridgehead atoms. The number of fused-ring (bicyclic) bond motifs is 6. The summed E-state index contributed by atoms with van der Waals surface area (Å²) in [5.74, 6) is 1.97. The molecule has 0 saturated heterocycles. The zero-order valence-corrected chi connectivity index (χ0v) is 27.6. The quantitative estimate of drug-likeness (QED) is 0.185. The van der Waals surface area contributed by atoms with Gasteiger partial charge in [0, 0.05) is 53.2 Å². The summed E-state index contributed by atoms with van der Waals surface area (Å²) < 4.78 is 8.95. The molecule has 0 aliphatic rings. The van der Waals surface area contributed by atoms with Crippen LogP contribution >= 0.6 is 11.3 Å². The molecule has 5 heteroatoms. The smallest absolute Gasteiger partial charge is 0.164 e. The van der Waals surface area contributed by atoms with Crippen molar-refractivity contribution in [1.82, 2.24) is 15.0 Å². The van der Waals surface area contributed by atoms with Crippen molar-refractivity contribution in [3.8, 4) is 56.4 Å². The monoisotopic (exact) mass is 657 g/mol. The van der Waals surface area contributed by atoms with Crippen molar-refractivity contribution in [3.63, 3.8) is 0 Å². The van der Waals surface area contributed by atoms with Crippen LogP contribution in [0.3, 0.4) is 0 Å². The van der Waals surface area contributed by atoms with Crippen LogP contribution in [0.25, 0.3) is 98.5 Å². The number of hydrogen-bond acceptors (Lipinski definition) is 5. The molecule has 0 N–H and O–H groups in total. The van der Waals surface area contributed by atoms with E-state index in [0.29, 0.717) is 17.5 Å². The lowest BCUT2D eigenvalue weighted by Gasteiger charge is -2.09. The molecule has 0 atom stereocenters. The highest BCUT2D eigenvalue weighted by Crippen LogP contribution is 2.43. The third kappa shape index (κ3) is 4.87. The second-order valence-electron chi connectivity index (χ2n) is 12.4. The summed E-state index contributed by atoms with van der Waals surface area (Å²) in [5.41, 5.74) is 9.24. The second-order valence-corrected chi connectivity index (χ2v) is 13.5. The van der Waals surface area contributed by atoms with E-state index in [9.17, 15) is 0 Å². The van der Waals surface area contributed by atoms with Gasteiger partial charge in [0.05, 0.1) is 0 Å². The fourth-order valence-corrected chi connectivity index (χ4v) is 7.99. The summed E-state index contributed by atoms with van der Waals surface area (Å²) >= 11 is 1.79. The lowest BCUT2D eigenvalue weighted by Crippen LogP contribution is -1.99. The Balaban J connectivity index is 1.12. The van der Waals surface area contributed by atoms with Crippen molar-refractivity contribution in [2.75, 3.05) is 0 Å². The molecule has 3 heterocycles. The molecule has 50 heavy (non-hydrogen) atoms. The third-order valence-corrected chi connectivity index (χ3v) is 10.5. The van der Waals surface area contributed by atoms with Crippen LogP contribution < -0.4 is 0 Å². The fourth-order valence-electron chi connectivity index (χ4n) is 6.86. The molecule has 0 saturated carbocycles. The average Bonchev–Trinajstić information content (AvgIpc) is 3.76. The Morgan fingerprint density at radius 3 is 1.64 bits per heavy atom. The Morgan fingerprint density at radius 2 is 0.940 bits per heavy atom. The van der Waals surface area contributed by atoms with Gasteiger partial charge < -0.3 is 4.42 Å². The van der Waals surface area contributed by atoms with Gasteiger partial charge in [-0.3, -0.25) is 0 Å². The molecular weight excluding hydrogens is 631 g/mol. The lowest BCUT2D eigenvalue weighted by atomic mass is 9.95. The minimum Gasteiger partial charge on any atom is -0.455 e. The van der Waals surface area contributed by atoms with Crippen LogP contribution in [-0.2, 0) is 0 Å². The first-order valence-electron chi connectivity index (χ1n) is 16.6. The second kappa shape index (κ2) is 11.6. The largest absolute Gasteiger partial charge is 0.455 e. The van der Waals surface area contributed by atoms with E-state index in [2.05, 4.69) is 91.0 Å². The summed E-state index contributed by atoms with van der Waals surface area (Å²) in [6.07, 6.45) is 0.